The van der Waals surface area contributed by atoms with Crippen LogP contribution in [0.15, 0.2) is 27.8 Å². The first-order chi connectivity index (χ1) is 8.54. The predicted octanol–water partition coefficient (Wildman–Crippen LogP) is 1.87. The summed E-state index contributed by atoms with van der Waals surface area (Å²) in [7, 11) is 0. The van der Waals surface area contributed by atoms with Crippen LogP contribution in [-0.4, -0.2) is 6.61 Å². The first-order valence-electron chi connectivity index (χ1n) is 5.54. The maximum atomic E-state index is 13.3. The summed E-state index contributed by atoms with van der Waals surface area (Å²) >= 11 is 0. The maximum Gasteiger partial charge on any atom is 0.272 e. The normalized spacial score (nSPS) is 10.6. The van der Waals surface area contributed by atoms with Crippen molar-refractivity contribution < 1.29 is 9.13 Å². The molecule has 0 aromatic heterocycles. The van der Waals surface area contributed by atoms with Crippen molar-refractivity contribution in [3.63, 3.8) is 0 Å². The van der Waals surface area contributed by atoms with E-state index in [0.29, 0.717) is 17.9 Å². The van der Waals surface area contributed by atoms with E-state index in [0.717, 1.165) is 0 Å². The van der Waals surface area contributed by atoms with Crippen molar-refractivity contribution in [1.82, 2.24) is 0 Å². The molecule has 0 aliphatic carbocycles. The minimum Gasteiger partial charge on any atom is -0.488 e. The van der Waals surface area contributed by atoms with Gasteiger partial charge >= 0.3 is 0 Å². The van der Waals surface area contributed by atoms with Gasteiger partial charge in [-0.25, -0.2) is 4.39 Å². The molecule has 2 aromatic carbocycles. The Morgan fingerprint density at radius 3 is 2.61 bits per heavy atom. The van der Waals surface area contributed by atoms with Gasteiger partial charge in [-0.05, 0) is 31.5 Å². The Hall–Kier alpha value is -2.17. The van der Waals surface area contributed by atoms with Crippen molar-refractivity contribution >= 4 is 11.4 Å². The molecule has 4 nitrogen and oxygen atoms in total. The number of rotatable bonds is 4. The Labute approximate surface area is 103 Å². The number of hydrogen-bond acceptors (Lipinski definition) is 4. The van der Waals surface area contributed by atoms with Gasteiger partial charge in [0.05, 0.1) is 6.61 Å². The van der Waals surface area contributed by atoms with Crippen LogP contribution in [-0.2, 0) is 0 Å². The average molecular weight is 249 g/mol. The van der Waals surface area contributed by atoms with Crippen LogP contribution in [0.2, 0.25) is 0 Å². The minimum absolute atomic E-state index is 0.0171. The molecule has 1 N–H and O–H groups in total. The van der Waals surface area contributed by atoms with E-state index in [1.54, 1.807) is 26.0 Å². The van der Waals surface area contributed by atoms with Crippen LogP contribution in [0.3, 0.4) is 0 Å². The van der Waals surface area contributed by atoms with Gasteiger partial charge in [0.1, 0.15) is 11.5 Å². The molecular formula is C13H12FNO3. The van der Waals surface area contributed by atoms with Crippen molar-refractivity contribution in [2.45, 2.75) is 13.8 Å². The highest BCUT2D eigenvalue weighted by atomic mass is 19.1. The van der Waals surface area contributed by atoms with E-state index in [2.05, 4.69) is 5.32 Å². The molecular weight excluding hydrogens is 237 g/mol. The van der Waals surface area contributed by atoms with Crippen LogP contribution in [0.25, 0.3) is 0 Å². The summed E-state index contributed by atoms with van der Waals surface area (Å²) in [6.45, 7) is 3.65. The molecule has 0 saturated carbocycles. The molecule has 2 aromatic rings. The predicted molar refractivity (Wildman–Crippen MR) is 66.9 cm³/mol. The van der Waals surface area contributed by atoms with Crippen LogP contribution >= 0.6 is 0 Å². The highest BCUT2D eigenvalue weighted by Gasteiger charge is 2.22. The number of halogens is 1. The standard InChI is InChI=1S/C13H12FNO3/c1-3-18-13-10(11(16)12(13)17)15-8-5-4-7(2)9(14)6-8/h4-6,15H,3H2,1-2H3. The molecule has 0 atom stereocenters. The van der Waals surface area contributed by atoms with Crippen molar-refractivity contribution in [2.75, 3.05) is 11.9 Å². The smallest absolute Gasteiger partial charge is 0.272 e. The van der Waals surface area contributed by atoms with E-state index < -0.39 is 10.9 Å². The van der Waals surface area contributed by atoms with Gasteiger partial charge in [-0.2, -0.15) is 0 Å². The van der Waals surface area contributed by atoms with Crippen molar-refractivity contribution in [2.24, 2.45) is 0 Å². The monoisotopic (exact) mass is 249 g/mol. The molecule has 18 heavy (non-hydrogen) atoms. The topological polar surface area (TPSA) is 55.4 Å². The van der Waals surface area contributed by atoms with E-state index in [4.69, 9.17) is 4.74 Å². The molecule has 0 heterocycles. The fraction of sp³-hybridized carbons (Fsp3) is 0.231. The second-order valence-electron chi connectivity index (χ2n) is 3.88. The van der Waals surface area contributed by atoms with E-state index in [1.165, 1.54) is 6.07 Å². The first kappa shape index (κ1) is 12.3. The van der Waals surface area contributed by atoms with Crippen molar-refractivity contribution in [1.29, 1.82) is 0 Å². The lowest BCUT2D eigenvalue weighted by atomic mass is 10.2. The molecule has 0 fully saturated rings. The van der Waals surface area contributed by atoms with Gasteiger partial charge in [0, 0.05) is 5.69 Å². The zero-order chi connectivity index (χ0) is 13.3. The van der Waals surface area contributed by atoms with E-state index >= 15 is 0 Å². The van der Waals surface area contributed by atoms with Gasteiger partial charge in [0.25, 0.3) is 10.9 Å². The summed E-state index contributed by atoms with van der Waals surface area (Å²) < 4.78 is 18.4. The highest BCUT2D eigenvalue weighted by molar-refractivity contribution is 5.69. The van der Waals surface area contributed by atoms with Gasteiger partial charge < -0.3 is 10.1 Å². The number of anilines is 2. The van der Waals surface area contributed by atoms with Crippen molar-refractivity contribution in [3.8, 4) is 5.75 Å². The lowest BCUT2D eigenvalue weighted by Gasteiger charge is -2.13. The molecule has 0 radical (unpaired) electrons. The Kier molecular flexibility index (Phi) is 3.14. The largest absolute Gasteiger partial charge is 0.488 e. The first-order valence-corrected chi connectivity index (χ1v) is 5.54. The third-order valence-corrected chi connectivity index (χ3v) is 2.60. The quantitative estimate of drug-likeness (QED) is 0.840. The summed E-state index contributed by atoms with van der Waals surface area (Å²) in [4.78, 5) is 22.6. The summed E-state index contributed by atoms with van der Waals surface area (Å²) in [5, 5.41) is 2.71. The number of ether oxygens (including phenoxy) is 1. The Morgan fingerprint density at radius 2 is 2.00 bits per heavy atom. The Morgan fingerprint density at radius 1 is 1.28 bits per heavy atom. The van der Waals surface area contributed by atoms with Gasteiger partial charge in [0.15, 0.2) is 5.75 Å². The summed E-state index contributed by atoms with van der Waals surface area (Å²) in [5.41, 5.74) is -0.279. The summed E-state index contributed by atoms with van der Waals surface area (Å²) in [6.07, 6.45) is 0. The van der Waals surface area contributed by atoms with E-state index in [-0.39, 0.29) is 17.3 Å². The lowest BCUT2D eigenvalue weighted by molar-refractivity contribution is 0.335. The number of aryl methyl sites for hydroxylation is 1. The number of nitrogens with one attached hydrogen (secondary N) is 1. The molecule has 0 amide bonds. The lowest BCUT2D eigenvalue weighted by Crippen LogP contribution is -2.35. The fourth-order valence-electron chi connectivity index (χ4n) is 1.58. The maximum absolute atomic E-state index is 13.3. The zero-order valence-corrected chi connectivity index (χ0v) is 10.0. The molecule has 0 saturated heterocycles. The molecule has 0 spiro atoms. The van der Waals surface area contributed by atoms with Crippen LogP contribution in [0.1, 0.15) is 12.5 Å². The van der Waals surface area contributed by atoms with Crippen molar-refractivity contribution in [3.05, 3.63) is 50.0 Å². The second kappa shape index (κ2) is 4.60. The highest BCUT2D eigenvalue weighted by Crippen LogP contribution is 2.23. The molecule has 94 valence electrons. The Balaban J connectivity index is 2.29. The zero-order valence-electron chi connectivity index (χ0n) is 10.0. The minimum atomic E-state index is -0.646. The van der Waals surface area contributed by atoms with Crippen LogP contribution in [0.5, 0.6) is 5.75 Å². The molecule has 2 rings (SSSR count). The second-order valence-corrected chi connectivity index (χ2v) is 3.88. The molecule has 0 aliphatic heterocycles. The van der Waals surface area contributed by atoms with Gasteiger partial charge in [-0.1, -0.05) is 6.07 Å². The third kappa shape index (κ3) is 1.99. The average Bonchev–Trinajstić information content (AvgIpc) is 2.37. The summed E-state index contributed by atoms with van der Waals surface area (Å²) in [6, 6.07) is 4.48. The van der Waals surface area contributed by atoms with E-state index in [1.807, 2.05) is 0 Å². The van der Waals surface area contributed by atoms with Crippen LogP contribution < -0.4 is 20.9 Å². The molecule has 5 heteroatoms. The third-order valence-electron chi connectivity index (χ3n) is 2.60. The molecule has 0 unspecified atom stereocenters. The van der Waals surface area contributed by atoms with Gasteiger partial charge in [0.2, 0.25) is 0 Å². The van der Waals surface area contributed by atoms with Gasteiger partial charge in [-0.15, -0.1) is 0 Å². The van der Waals surface area contributed by atoms with E-state index in [9.17, 15) is 14.0 Å². The molecule has 0 bridgehead atoms. The summed E-state index contributed by atoms with van der Waals surface area (Å²) in [5.74, 6) is -0.361. The van der Waals surface area contributed by atoms with Crippen LogP contribution in [0, 0.1) is 12.7 Å². The fourth-order valence-corrected chi connectivity index (χ4v) is 1.58. The van der Waals surface area contributed by atoms with Gasteiger partial charge in [-0.3, -0.25) is 9.59 Å². The SMILES string of the molecule is CCOc1c(Nc2ccc(C)c(F)c2)c(=O)c1=O. The molecule has 0 aliphatic rings. The number of benzene rings is 1. The number of hydrogen-bond donors (Lipinski definition) is 1. The van der Waals surface area contributed by atoms with Crippen LogP contribution in [0.4, 0.5) is 15.8 Å². The Bertz CT molecular complexity index is 657.